The summed E-state index contributed by atoms with van der Waals surface area (Å²) in [5, 5.41) is 10.3. The normalized spacial score (nSPS) is 11.9. The zero-order valence-corrected chi connectivity index (χ0v) is 18.7. The maximum absolute atomic E-state index is 12.7. The van der Waals surface area contributed by atoms with E-state index in [0.717, 1.165) is 42.4 Å². The summed E-state index contributed by atoms with van der Waals surface area (Å²) in [6.07, 6.45) is 1.20. The van der Waals surface area contributed by atoms with E-state index in [-0.39, 0.29) is 24.3 Å². The SMILES string of the molecule is CCN(CC)CCCNC(=O)CNC(=O)[C@H](Cc1cccc2ccccc12)NC(C)=O. The van der Waals surface area contributed by atoms with Gasteiger partial charge in [-0.3, -0.25) is 14.4 Å². The predicted octanol–water partition coefficient (Wildman–Crippen LogP) is 1.85. The number of hydrogen-bond donors (Lipinski definition) is 3. The Balaban J connectivity index is 1.90. The third-order valence-corrected chi connectivity index (χ3v) is 5.29. The highest BCUT2D eigenvalue weighted by atomic mass is 16.2. The van der Waals surface area contributed by atoms with Crippen LogP contribution < -0.4 is 16.0 Å². The summed E-state index contributed by atoms with van der Waals surface area (Å²) in [6, 6.07) is 13.1. The van der Waals surface area contributed by atoms with Gasteiger partial charge < -0.3 is 20.9 Å². The molecular formula is C24H34N4O3. The van der Waals surface area contributed by atoms with E-state index in [9.17, 15) is 14.4 Å². The highest BCUT2D eigenvalue weighted by Crippen LogP contribution is 2.19. The van der Waals surface area contributed by atoms with E-state index in [2.05, 4.69) is 34.7 Å². The van der Waals surface area contributed by atoms with Gasteiger partial charge in [0.05, 0.1) is 6.54 Å². The summed E-state index contributed by atoms with van der Waals surface area (Å²) < 4.78 is 0. The van der Waals surface area contributed by atoms with Crippen LogP contribution in [0.1, 0.15) is 32.8 Å². The standard InChI is InChI=1S/C24H34N4O3/c1-4-28(5-2)15-9-14-25-23(30)17-26-24(31)22(27-18(3)29)16-20-12-8-11-19-10-6-7-13-21(19)20/h6-8,10-13,22H,4-5,9,14-17H2,1-3H3,(H,25,30)(H,26,31)(H,27,29)/t22-/m0/s1. The van der Waals surface area contributed by atoms with E-state index < -0.39 is 6.04 Å². The Kier molecular flexibility index (Phi) is 9.97. The molecule has 7 heteroatoms. The molecule has 0 saturated heterocycles. The third-order valence-electron chi connectivity index (χ3n) is 5.29. The maximum Gasteiger partial charge on any atom is 0.243 e. The number of hydrogen-bond acceptors (Lipinski definition) is 4. The van der Waals surface area contributed by atoms with Crippen molar-refractivity contribution in [3.63, 3.8) is 0 Å². The second-order valence-corrected chi connectivity index (χ2v) is 7.54. The first-order chi connectivity index (χ1) is 14.9. The first-order valence-corrected chi connectivity index (χ1v) is 10.9. The molecule has 168 valence electrons. The van der Waals surface area contributed by atoms with Gasteiger partial charge in [-0.2, -0.15) is 0 Å². The quantitative estimate of drug-likeness (QED) is 0.452. The van der Waals surface area contributed by atoms with Gasteiger partial charge in [0.2, 0.25) is 17.7 Å². The smallest absolute Gasteiger partial charge is 0.243 e. The van der Waals surface area contributed by atoms with Gasteiger partial charge in [-0.05, 0) is 42.4 Å². The molecular weight excluding hydrogens is 392 g/mol. The Morgan fingerprint density at radius 2 is 1.68 bits per heavy atom. The Morgan fingerprint density at radius 3 is 2.39 bits per heavy atom. The molecule has 0 bridgehead atoms. The Bertz CT molecular complexity index is 875. The van der Waals surface area contributed by atoms with Crippen LogP contribution in [0.5, 0.6) is 0 Å². The molecule has 0 fully saturated rings. The summed E-state index contributed by atoms with van der Waals surface area (Å²) in [4.78, 5) is 38.7. The zero-order valence-electron chi connectivity index (χ0n) is 18.7. The molecule has 3 amide bonds. The van der Waals surface area contributed by atoms with Crippen molar-refractivity contribution in [1.29, 1.82) is 0 Å². The lowest BCUT2D eigenvalue weighted by molar-refractivity contribution is -0.129. The van der Waals surface area contributed by atoms with Crippen LogP contribution in [0.25, 0.3) is 10.8 Å². The van der Waals surface area contributed by atoms with E-state index in [0.29, 0.717) is 13.0 Å². The number of nitrogens with one attached hydrogen (secondary N) is 3. The summed E-state index contributed by atoms with van der Waals surface area (Å²) in [5.74, 6) is -0.901. The molecule has 7 nitrogen and oxygen atoms in total. The monoisotopic (exact) mass is 426 g/mol. The molecule has 1 atom stereocenters. The molecule has 0 radical (unpaired) electrons. The van der Waals surface area contributed by atoms with E-state index >= 15 is 0 Å². The van der Waals surface area contributed by atoms with Crippen molar-refractivity contribution in [2.75, 3.05) is 32.7 Å². The Labute approximate surface area is 184 Å². The molecule has 0 aromatic heterocycles. The van der Waals surface area contributed by atoms with Crippen molar-refractivity contribution >= 4 is 28.5 Å². The third kappa shape index (κ3) is 8.02. The largest absolute Gasteiger partial charge is 0.355 e. The molecule has 0 aliphatic rings. The molecule has 0 saturated carbocycles. The number of nitrogens with zero attached hydrogens (tertiary/aromatic N) is 1. The maximum atomic E-state index is 12.7. The second kappa shape index (κ2) is 12.7. The lowest BCUT2D eigenvalue weighted by Crippen LogP contribution is -2.49. The molecule has 0 heterocycles. The lowest BCUT2D eigenvalue weighted by atomic mass is 9.98. The molecule has 2 aromatic rings. The van der Waals surface area contributed by atoms with Gasteiger partial charge in [0, 0.05) is 19.9 Å². The van der Waals surface area contributed by atoms with Crippen LogP contribution in [0.15, 0.2) is 42.5 Å². The summed E-state index contributed by atoms with van der Waals surface area (Å²) >= 11 is 0. The molecule has 0 spiro atoms. The fourth-order valence-electron chi connectivity index (χ4n) is 3.57. The van der Waals surface area contributed by atoms with Gasteiger partial charge in [0.25, 0.3) is 0 Å². The predicted molar refractivity (Wildman–Crippen MR) is 124 cm³/mol. The van der Waals surface area contributed by atoms with Crippen molar-refractivity contribution < 1.29 is 14.4 Å². The van der Waals surface area contributed by atoms with E-state index in [1.54, 1.807) is 0 Å². The van der Waals surface area contributed by atoms with E-state index in [1.165, 1.54) is 6.92 Å². The van der Waals surface area contributed by atoms with Crippen LogP contribution >= 0.6 is 0 Å². The first-order valence-electron chi connectivity index (χ1n) is 10.9. The number of amides is 3. The van der Waals surface area contributed by atoms with Gasteiger partial charge in [0.1, 0.15) is 6.04 Å². The summed E-state index contributed by atoms with van der Waals surface area (Å²) in [7, 11) is 0. The summed E-state index contributed by atoms with van der Waals surface area (Å²) in [6.45, 7) is 8.96. The highest BCUT2D eigenvalue weighted by molar-refractivity contribution is 5.91. The minimum Gasteiger partial charge on any atom is -0.355 e. The van der Waals surface area contributed by atoms with Crippen molar-refractivity contribution in [3.05, 3.63) is 48.0 Å². The molecule has 0 aliphatic heterocycles. The Hall–Kier alpha value is -2.93. The number of fused-ring (bicyclic) bond motifs is 1. The van der Waals surface area contributed by atoms with Gasteiger partial charge in [-0.15, -0.1) is 0 Å². The van der Waals surface area contributed by atoms with Crippen LogP contribution in [0.2, 0.25) is 0 Å². The minimum atomic E-state index is -0.751. The molecule has 0 aliphatic carbocycles. The van der Waals surface area contributed by atoms with E-state index in [4.69, 9.17) is 0 Å². The average molecular weight is 427 g/mol. The van der Waals surface area contributed by atoms with Crippen LogP contribution in [-0.2, 0) is 20.8 Å². The summed E-state index contributed by atoms with van der Waals surface area (Å²) in [5.41, 5.74) is 0.966. The lowest BCUT2D eigenvalue weighted by Gasteiger charge is -2.19. The van der Waals surface area contributed by atoms with Gasteiger partial charge in [-0.25, -0.2) is 0 Å². The topological polar surface area (TPSA) is 90.5 Å². The van der Waals surface area contributed by atoms with Crippen LogP contribution in [0.4, 0.5) is 0 Å². The van der Waals surface area contributed by atoms with Crippen LogP contribution in [0, 0.1) is 0 Å². The molecule has 3 N–H and O–H groups in total. The van der Waals surface area contributed by atoms with Crippen molar-refractivity contribution in [1.82, 2.24) is 20.9 Å². The van der Waals surface area contributed by atoms with Crippen LogP contribution in [-0.4, -0.2) is 61.4 Å². The van der Waals surface area contributed by atoms with Crippen molar-refractivity contribution in [2.45, 2.75) is 39.7 Å². The van der Waals surface area contributed by atoms with Gasteiger partial charge >= 0.3 is 0 Å². The number of carbonyl (C=O) groups excluding carboxylic acids is 3. The zero-order chi connectivity index (χ0) is 22.6. The average Bonchev–Trinajstić information content (AvgIpc) is 2.77. The van der Waals surface area contributed by atoms with Crippen molar-refractivity contribution in [2.24, 2.45) is 0 Å². The van der Waals surface area contributed by atoms with Crippen molar-refractivity contribution in [3.8, 4) is 0 Å². The van der Waals surface area contributed by atoms with Gasteiger partial charge in [-0.1, -0.05) is 56.3 Å². The van der Waals surface area contributed by atoms with Gasteiger partial charge in [0.15, 0.2) is 0 Å². The fourth-order valence-corrected chi connectivity index (χ4v) is 3.57. The van der Waals surface area contributed by atoms with E-state index in [1.807, 2.05) is 42.5 Å². The fraction of sp³-hybridized carbons (Fsp3) is 0.458. The first kappa shape index (κ1) is 24.3. The minimum absolute atomic E-state index is 0.115. The molecule has 31 heavy (non-hydrogen) atoms. The number of benzene rings is 2. The number of rotatable bonds is 12. The molecule has 0 unspecified atom stereocenters. The van der Waals surface area contributed by atoms with Crippen LogP contribution in [0.3, 0.4) is 0 Å². The number of carbonyl (C=O) groups is 3. The molecule has 2 aromatic carbocycles. The Morgan fingerprint density at radius 1 is 0.968 bits per heavy atom. The highest BCUT2D eigenvalue weighted by Gasteiger charge is 2.21. The second-order valence-electron chi connectivity index (χ2n) is 7.54. The molecule has 2 rings (SSSR count).